The molecular weight excluding hydrogens is 410 g/mol. The highest BCUT2D eigenvalue weighted by molar-refractivity contribution is 6.31. The predicted octanol–water partition coefficient (Wildman–Crippen LogP) is 5.19. The molecule has 3 rings (SSSR count). The second kappa shape index (κ2) is 9.79. The second-order valence-electron chi connectivity index (χ2n) is 7.54. The maximum absolute atomic E-state index is 12.8. The Morgan fingerprint density at radius 1 is 1.13 bits per heavy atom. The molecule has 0 atom stereocenters. The van der Waals surface area contributed by atoms with Crippen LogP contribution in [0.5, 0.6) is 0 Å². The van der Waals surface area contributed by atoms with Crippen LogP contribution in [0.25, 0.3) is 0 Å². The van der Waals surface area contributed by atoms with Crippen LogP contribution < -0.4 is 10.6 Å². The molecule has 162 valence electrons. The lowest BCUT2D eigenvalue weighted by atomic mass is 10.1. The fourth-order valence-electron chi connectivity index (χ4n) is 3.35. The molecule has 7 heteroatoms. The van der Waals surface area contributed by atoms with Crippen LogP contribution in [0.4, 0.5) is 5.69 Å². The van der Waals surface area contributed by atoms with E-state index in [-0.39, 0.29) is 5.91 Å². The minimum absolute atomic E-state index is 0.281. The Hall–Kier alpha value is -3.12. The van der Waals surface area contributed by atoms with E-state index in [4.69, 9.17) is 16.6 Å². The van der Waals surface area contributed by atoms with E-state index in [1.807, 2.05) is 50.6 Å². The van der Waals surface area contributed by atoms with Crippen molar-refractivity contribution in [1.29, 1.82) is 0 Å². The zero-order valence-corrected chi connectivity index (χ0v) is 19.3. The molecule has 0 saturated heterocycles. The smallest absolute Gasteiger partial charge is 0.258 e. The third kappa shape index (κ3) is 5.52. The number of hydrogen-bond acceptors (Lipinski definition) is 3. The lowest BCUT2D eigenvalue weighted by molar-refractivity contribution is 0.0977. The number of nitrogens with zero attached hydrogens (tertiary/aromatic N) is 3. The van der Waals surface area contributed by atoms with E-state index in [1.54, 1.807) is 24.3 Å². The molecule has 0 aliphatic rings. The number of amides is 1. The van der Waals surface area contributed by atoms with E-state index in [0.29, 0.717) is 23.1 Å². The van der Waals surface area contributed by atoms with Gasteiger partial charge in [0.25, 0.3) is 5.91 Å². The van der Waals surface area contributed by atoms with Crippen LogP contribution in [0.1, 0.15) is 45.4 Å². The van der Waals surface area contributed by atoms with Gasteiger partial charge < -0.3 is 5.32 Å². The first-order valence-corrected chi connectivity index (χ1v) is 10.6. The average Bonchev–Trinajstić information content (AvgIpc) is 3.01. The highest BCUT2D eigenvalue weighted by atomic mass is 35.5. The minimum atomic E-state index is -0.281. The molecule has 31 heavy (non-hydrogen) atoms. The van der Waals surface area contributed by atoms with Crippen molar-refractivity contribution in [2.24, 2.45) is 4.99 Å². The van der Waals surface area contributed by atoms with Crippen molar-refractivity contribution >= 4 is 29.2 Å². The summed E-state index contributed by atoms with van der Waals surface area (Å²) in [5, 5.41) is 11.3. The number of nitrogens with one attached hydrogen (secondary N) is 2. The molecule has 2 aromatic carbocycles. The second-order valence-corrected chi connectivity index (χ2v) is 7.97. The number of anilines is 1. The first-order valence-electron chi connectivity index (χ1n) is 10.3. The van der Waals surface area contributed by atoms with Gasteiger partial charge in [-0.2, -0.15) is 5.10 Å². The molecule has 0 bridgehead atoms. The fraction of sp³-hybridized carbons (Fsp3) is 0.292. The Bertz CT molecular complexity index is 1130. The minimum Gasteiger partial charge on any atom is -0.326 e. The summed E-state index contributed by atoms with van der Waals surface area (Å²) in [5.74, 6) is 0.0958. The summed E-state index contributed by atoms with van der Waals surface area (Å²) in [7, 11) is 0. The van der Waals surface area contributed by atoms with Crippen LogP contribution in [0, 0.1) is 27.7 Å². The Balaban J connectivity index is 1.91. The molecule has 0 spiro atoms. The van der Waals surface area contributed by atoms with E-state index in [9.17, 15) is 4.79 Å². The van der Waals surface area contributed by atoms with Gasteiger partial charge in [0.2, 0.25) is 5.96 Å². The number of rotatable bonds is 5. The van der Waals surface area contributed by atoms with Gasteiger partial charge in [-0.15, -0.1) is 0 Å². The maximum Gasteiger partial charge on any atom is 0.258 e. The van der Waals surface area contributed by atoms with Crippen molar-refractivity contribution in [3.8, 4) is 0 Å². The predicted molar refractivity (Wildman–Crippen MR) is 127 cm³/mol. The zero-order valence-electron chi connectivity index (χ0n) is 18.6. The molecule has 1 aromatic heterocycles. The highest BCUT2D eigenvalue weighted by Crippen LogP contribution is 2.18. The highest BCUT2D eigenvalue weighted by Gasteiger charge is 2.14. The molecular formula is C24H28ClN5O. The fourth-order valence-corrected chi connectivity index (χ4v) is 3.54. The molecule has 0 aliphatic heterocycles. The van der Waals surface area contributed by atoms with Crippen molar-refractivity contribution in [2.75, 3.05) is 5.32 Å². The van der Waals surface area contributed by atoms with Gasteiger partial charge in [0.05, 0.1) is 12.2 Å². The Kier molecular flexibility index (Phi) is 7.13. The first kappa shape index (κ1) is 22.6. The van der Waals surface area contributed by atoms with E-state index < -0.39 is 0 Å². The Morgan fingerprint density at radius 3 is 2.58 bits per heavy atom. The molecule has 0 fully saturated rings. The number of halogens is 1. The first-order chi connectivity index (χ1) is 14.8. The topological polar surface area (TPSA) is 71.3 Å². The van der Waals surface area contributed by atoms with Gasteiger partial charge >= 0.3 is 0 Å². The van der Waals surface area contributed by atoms with Gasteiger partial charge in [-0.25, -0.2) is 4.99 Å². The average molecular weight is 438 g/mol. The van der Waals surface area contributed by atoms with Crippen LogP contribution in [0.15, 0.2) is 47.5 Å². The van der Waals surface area contributed by atoms with Gasteiger partial charge in [-0.3, -0.25) is 14.8 Å². The van der Waals surface area contributed by atoms with Crippen LogP contribution in [0.3, 0.4) is 0 Å². The molecule has 0 aliphatic carbocycles. The number of carbonyl (C=O) groups excluding carboxylic acids is 1. The van der Waals surface area contributed by atoms with Crippen LogP contribution in [0.2, 0.25) is 5.02 Å². The number of aliphatic imine (C=N–C) groups is 1. The molecule has 6 nitrogen and oxygen atoms in total. The van der Waals surface area contributed by atoms with E-state index in [1.165, 1.54) is 0 Å². The maximum atomic E-state index is 12.8. The number of aromatic nitrogens is 2. The molecule has 2 N–H and O–H groups in total. The number of hydrogen-bond donors (Lipinski definition) is 2. The van der Waals surface area contributed by atoms with E-state index in [0.717, 1.165) is 40.3 Å². The van der Waals surface area contributed by atoms with Gasteiger partial charge in [0, 0.05) is 34.1 Å². The largest absolute Gasteiger partial charge is 0.326 e. The summed E-state index contributed by atoms with van der Waals surface area (Å²) in [6.07, 6.45) is 0. The van der Waals surface area contributed by atoms with Crippen molar-refractivity contribution in [3.05, 3.63) is 81.1 Å². The summed E-state index contributed by atoms with van der Waals surface area (Å²) in [5.41, 5.74) is 6.61. The Morgan fingerprint density at radius 2 is 1.90 bits per heavy atom. The number of benzene rings is 2. The molecule has 1 amide bonds. The number of aryl methyl sites for hydroxylation is 4. The summed E-state index contributed by atoms with van der Waals surface area (Å²) < 4.78 is 1.96. The summed E-state index contributed by atoms with van der Waals surface area (Å²) in [6, 6.07) is 12.9. The molecule has 3 aromatic rings. The SMILES string of the molecule is CCn1nc(C)c(CN=C(NC(=O)c2cccc(Cl)c2)Nc2cc(C)ccc2C)c1C. The van der Waals surface area contributed by atoms with E-state index >= 15 is 0 Å². The standard InChI is InChI=1S/C24H28ClN5O/c1-6-30-18(5)21(17(4)29-30)14-26-24(27-22-12-15(2)10-11-16(22)3)28-23(31)19-8-7-9-20(25)13-19/h7-13H,6,14H2,1-5H3,(H2,26,27,28,31). The monoisotopic (exact) mass is 437 g/mol. The summed E-state index contributed by atoms with van der Waals surface area (Å²) >= 11 is 6.05. The normalized spacial score (nSPS) is 11.5. The summed E-state index contributed by atoms with van der Waals surface area (Å²) in [4.78, 5) is 17.5. The van der Waals surface area contributed by atoms with Crippen molar-refractivity contribution in [1.82, 2.24) is 15.1 Å². The lowest BCUT2D eigenvalue weighted by Crippen LogP contribution is -2.36. The van der Waals surface area contributed by atoms with Crippen LogP contribution in [-0.2, 0) is 13.1 Å². The van der Waals surface area contributed by atoms with Crippen molar-refractivity contribution in [3.63, 3.8) is 0 Å². The van der Waals surface area contributed by atoms with Gasteiger partial charge in [-0.1, -0.05) is 29.8 Å². The van der Waals surface area contributed by atoms with Gasteiger partial charge in [-0.05, 0) is 70.0 Å². The Labute approximate surface area is 188 Å². The molecule has 0 saturated carbocycles. The molecule has 1 heterocycles. The van der Waals surface area contributed by atoms with Crippen LogP contribution in [-0.4, -0.2) is 21.6 Å². The number of carbonyl (C=O) groups is 1. The van der Waals surface area contributed by atoms with E-state index in [2.05, 4.69) is 22.7 Å². The van der Waals surface area contributed by atoms with Crippen LogP contribution >= 0.6 is 11.6 Å². The van der Waals surface area contributed by atoms with Crippen molar-refractivity contribution in [2.45, 2.75) is 47.7 Å². The van der Waals surface area contributed by atoms with Gasteiger partial charge in [0.1, 0.15) is 0 Å². The summed E-state index contributed by atoms with van der Waals surface area (Å²) in [6.45, 7) is 11.3. The molecule has 0 unspecified atom stereocenters. The quantitative estimate of drug-likeness (QED) is 0.426. The van der Waals surface area contributed by atoms with Gasteiger partial charge in [0.15, 0.2) is 0 Å². The third-order valence-electron chi connectivity index (χ3n) is 5.19. The lowest BCUT2D eigenvalue weighted by Gasteiger charge is -2.14. The third-order valence-corrected chi connectivity index (χ3v) is 5.43. The van der Waals surface area contributed by atoms with Crippen molar-refractivity contribution < 1.29 is 4.79 Å². The molecule has 0 radical (unpaired) electrons. The number of guanidine groups is 1. The zero-order chi connectivity index (χ0) is 22.5.